The monoisotopic (exact) mass is 237 g/mol. The van der Waals surface area contributed by atoms with Crippen LogP contribution in [0.3, 0.4) is 0 Å². The summed E-state index contributed by atoms with van der Waals surface area (Å²) in [7, 11) is 0. The first-order chi connectivity index (χ1) is 7.85. The number of nitrogens with two attached hydrogens (primary N) is 1. The van der Waals surface area contributed by atoms with E-state index in [-0.39, 0.29) is 5.92 Å². The maximum Gasteiger partial charge on any atom is 0.231 e. The first kappa shape index (κ1) is 11.3. The van der Waals surface area contributed by atoms with Crippen molar-refractivity contribution in [3.05, 3.63) is 22.7 Å². The van der Waals surface area contributed by atoms with E-state index < -0.39 is 0 Å². The van der Waals surface area contributed by atoms with E-state index >= 15 is 0 Å². The summed E-state index contributed by atoms with van der Waals surface area (Å²) < 4.78 is 5.26. The Morgan fingerprint density at radius 1 is 1.56 bits per heavy atom. The molecule has 86 valence electrons. The fraction of sp³-hybridized carbons (Fsp3) is 0.455. The number of thiophene rings is 1. The van der Waals surface area contributed by atoms with E-state index in [1.807, 2.05) is 16.8 Å². The van der Waals surface area contributed by atoms with Crippen molar-refractivity contribution >= 4 is 11.3 Å². The van der Waals surface area contributed by atoms with E-state index in [2.05, 4.69) is 17.1 Å². The van der Waals surface area contributed by atoms with Crippen LogP contribution in [0.4, 0.5) is 0 Å². The van der Waals surface area contributed by atoms with Crippen molar-refractivity contribution in [2.45, 2.75) is 25.7 Å². The van der Waals surface area contributed by atoms with E-state index in [4.69, 9.17) is 10.3 Å². The molecular weight excluding hydrogens is 222 g/mol. The molecule has 0 amide bonds. The Hall–Kier alpha value is -1.20. The molecule has 2 rings (SSSR count). The molecular formula is C11H15N3OS. The number of hydrogen-bond donors (Lipinski definition) is 1. The third-order valence-electron chi connectivity index (χ3n) is 2.49. The van der Waals surface area contributed by atoms with Crippen LogP contribution in [0.5, 0.6) is 0 Å². The third-order valence-corrected chi connectivity index (χ3v) is 3.18. The summed E-state index contributed by atoms with van der Waals surface area (Å²) in [5, 5.41) is 7.98. The van der Waals surface area contributed by atoms with Crippen LogP contribution in [0.1, 0.15) is 31.6 Å². The first-order valence-corrected chi connectivity index (χ1v) is 6.35. The SMILES string of the molecule is CCCC(CN)c1nc(-c2ccsc2)no1. The zero-order valence-electron chi connectivity index (χ0n) is 9.22. The molecule has 2 aromatic heterocycles. The van der Waals surface area contributed by atoms with Crippen LogP contribution in [0.2, 0.25) is 0 Å². The van der Waals surface area contributed by atoms with Gasteiger partial charge in [0.05, 0.1) is 5.92 Å². The molecule has 16 heavy (non-hydrogen) atoms. The highest BCUT2D eigenvalue weighted by Gasteiger charge is 2.17. The molecule has 0 bridgehead atoms. The van der Waals surface area contributed by atoms with E-state index in [9.17, 15) is 0 Å². The zero-order valence-corrected chi connectivity index (χ0v) is 10.0. The zero-order chi connectivity index (χ0) is 11.4. The normalized spacial score (nSPS) is 12.9. The Morgan fingerprint density at radius 3 is 3.06 bits per heavy atom. The second-order valence-electron chi connectivity index (χ2n) is 3.69. The fourth-order valence-corrected chi connectivity index (χ4v) is 2.23. The van der Waals surface area contributed by atoms with Gasteiger partial charge in [0.2, 0.25) is 11.7 Å². The highest BCUT2D eigenvalue weighted by atomic mass is 32.1. The molecule has 1 unspecified atom stereocenters. The minimum absolute atomic E-state index is 0.185. The largest absolute Gasteiger partial charge is 0.339 e. The number of rotatable bonds is 5. The molecule has 0 aliphatic rings. The topological polar surface area (TPSA) is 64.9 Å². The third kappa shape index (κ3) is 2.31. The van der Waals surface area contributed by atoms with Crippen molar-refractivity contribution in [2.24, 2.45) is 5.73 Å². The van der Waals surface area contributed by atoms with E-state index in [1.165, 1.54) is 0 Å². The summed E-state index contributed by atoms with van der Waals surface area (Å²) in [5.41, 5.74) is 6.70. The molecule has 0 radical (unpaired) electrons. The summed E-state index contributed by atoms with van der Waals surface area (Å²) >= 11 is 1.62. The minimum Gasteiger partial charge on any atom is -0.339 e. The van der Waals surface area contributed by atoms with Gasteiger partial charge in [-0.2, -0.15) is 16.3 Å². The van der Waals surface area contributed by atoms with Gasteiger partial charge in [0, 0.05) is 17.5 Å². The first-order valence-electron chi connectivity index (χ1n) is 5.41. The quantitative estimate of drug-likeness (QED) is 0.868. The van der Waals surface area contributed by atoms with Gasteiger partial charge in [-0.1, -0.05) is 18.5 Å². The fourth-order valence-electron chi connectivity index (χ4n) is 1.60. The van der Waals surface area contributed by atoms with E-state index in [0.29, 0.717) is 18.3 Å². The van der Waals surface area contributed by atoms with Gasteiger partial charge in [-0.3, -0.25) is 0 Å². The Morgan fingerprint density at radius 2 is 2.44 bits per heavy atom. The second-order valence-corrected chi connectivity index (χ2v) is 4.47. The maximum atomic E-state index is 5.69. The summed E-state index contributed by atoms with van der Waals surface area (Å²) in [4.78, 5) is 4.39. The van der Waals surface area contributed by atoms with Crippen molar-refractivity contribution in [1.29, 1.82) is 0 Å². The molecule has 0 aliphatic carbocycles. The molecule has 2 N–H and O–H groups in total. The van der Waals surface area contributed by atoms with Crippen LogP contribution in [-0.4, -0.2) is 16.7 Å². The molecule has 4 nitrogen and oxygen atoms in total. The van der Waals surface area contributed by atoms with Gasteiger partial charge in [-0.15, -0.1) is 0 Å². The highest BCUT2D eigenvalue weighted by Crippen LogP contribution is 2.23. The average Bonchev–Trinajstić information content (AvgIpc) is 2.95. The van der Waals surface area contributed by atoms with E-state index in [1.54, 1.807) is 11.3 Å². The molecule has 0 spiro atoms. The van der Waals surface area contributed by atoms with Gasteiger partial charge >= 0.3 is 0 Å². The maximum absolute atomic E-state index is 5.69. The lowest BCUT2D eigenvalue weighted by Gasteiger charge is -2.06. The van der Waals surface area contributed by atoms with Crippen molar-refractivity contribution in [3.8, 4) is 11.4 Å². The lowest BCUT2D eigenvalue weighted by atomic mass is 10.0. The highest BCUT2D eigenvalue weighted by molar-refractivity contribution is 7.08. The predicted molar refractivity (Wildman–Crippen MR) is 64.3 cm³/mol. The standard InChI is InChI=1S/C11H15N3OS/c1-2-3-8(6-12)11-13-10(14-15-11)9-4-5-16-7-9/h4-5,7-8H,2-3,6,12H2,1H3. The Kier molecular flexibility index (Phi) is 3.69. The number of nitrogens with zero attached hydrogens (tertiary/aromatic N) is 2. The molecule has 2 heterocycles. The molecule has 0 aromatic carbocycles. The van der Waals surface area contributed by atoms with Crippen LogP contribution in [0.15, 0.2) is 21.3 Å². The van der Waals surface area contributed by atoms with Gasteiger partial charge < -0.3 is 10.3 Å². The van der Waals surface area contributed by atoms with Crippen LogP contribution >= 0.6 is 11.3 Å². The molecule has 0 saturated heterocycles. The van der Waals surface area contributed by atoms with Crippen molar-refractivity contribution in [2.75, 3.05) is 6.54 Å². The molecule has 0 aliphatic heterocycles. The molecule has 5 heteroatoms. The smallest absolute Gasteiger partial charge is 0.231 e. The van der Waals surface area contributed by atoms with Crippen LogP contribution < -0.4 is 5.73 Å². The van der Waals surface area contributed by atoms with Crippen LogP contribution in [0, 0.1) is 0 Å². The Balaban J connectivity index is 2.18. The minimum atomic E-state index is 0.185. The van der Waals surface area contributed by atoms with Crippen molar-refractivity contribution in [3.63, 3.8) is 0 Å². The average molecular weight is 237 g/mol. The molecule has 0 saturated carbocycles. The lowest BCUT2D eigenvalue weighted by Crippen LogP contribution is -2.12. The van der Waals surface area contributed by atoms with Crippen LogP contribution in [0.25, 0.3) is 11.4 Å². The summed E-state index contributed by atoms with van der Waals surface area (Å²) in [6.45, 7) is 2.68. The van der Waals surface area contributed by atoms with E-state index in [0.717, 1.165) is 18.4 Å². The number of hydrogen-bond acceptors (Lipinski definition) is 5. The van der Waals surface area contributed by atoms with Gasteiger partial charge in [0.25, 0.3) is 0 Å². The summed E-state index contributed by atoms with van der Waals surface area (Å²) in [5.74, 6) is 1.50. The summed E-state index contributed by atoms with van der Waals surface area (Å²) in [6, 6.07) is 1.98. The lowest BCUT2D eigenvalue weighted by molar-refractivity contribution is 0.347. The molecule has 0 fully saturated rings. The van der Waals surface area contributed by atoms with Gasteiger partial charge in [-0.05, 0) is 17.9 Å². The summed E-state index contributed by atoms with van der Waals surface area (Å²) in [6.07, 6.45) is 2.06. The predicted octanol–water partition coefficient (Wildman–Crippen LogP) is 2.64. The Bertz CT molecular complexity index is 424. The van der Waals surface area contributed by atoms with Crippen molar-refractivity contribution < 1.29 is 4.52 Å². The van der Waals surface area contributed by atoms with Gasteiger partial charge in [0.1, 0.15) is 0 Å². The molecule has 2 aromatic rings. The van der Waals surface area contributed by atoms with Gasteiger partial charge in [-0.25, -0.2) is 0 Å². The second kappa shape index (κ2) is 5.23. The van der Waals surface area contributed by atoms with Gasteiger partial charge in [0.15, 0.2) is 0 Å². The molecule has 1 atom stereocenters. The van der Waals surface area contributed by atoms with Crippen LogP contribution in [-0.2, 0) is 0 Å². The number of aromatic nitrogens is 2. The van der Waals surface area contributed by atoms with Crippen molar-refractivity contribution in [1.82, 2.24) is 10.1 Å². The Labute approximate surface area is 98.5 Å².